The summed E-state index contributed by atoms with van der Waals surface area (Å²) in [5, 5.41) is 8.53. The van der Waals surface area contributed by atoms with Crippen LogP contribution in [-0.4, -0.2) is 44.6 Å². The third kappa shape index (κ3) is 4.93. The number of nitrogens with two attached hydrogens (primary N) is 1. The second-order valence-corrected chi connectivity index (χ2v) is 7.20. The van der Waals surface area contributed by atoms with Gasteiger partial charge in [0.05, 0.1) is 18.4 Å². The van der Waals surface area contributed by atoms with Crippen LogP contribution in [0.15, 0.2) is 53.9 Å². The van der Waals surface area contributed by atoms with Crippen LogP contribution in [0.1, 0.15) is 5.56 Å². The van der Waals surface area contributed by atoms with Crippen LogP contribution in [-0.2, 0) is 22.5 Å². The minimum Gasteiger partial charge on any atom is -0.383 e. The van der Waals surface area contributed by atoms with Gasteiger partial charge in [0.1, 0.15) is 5.82 Å². The van der Waals surface area contributed by atoms with Crippen molar-refractivity contribution in [2.24, 2.45) is 5.73 Å². The number of nitrogens with zero attached hydrogens (tertiary/aromatic N) is 4. The first-order chi connectivity index (χ1) is 13.6. The Kier molecular flexibility index (Phi) is 6.72. The van der Waals surface area contributed by atoms with Crippen LogP contribution in [0, 0.1) is 5.82 Å². The molecule has 1 unspecified atom stereocenters. The molecule has 2 N–H and O–H groups in total. The second kappa shape index (κ2) is 9.43. The molecule has 3 aromatic rings. The lowest BCUT2D eigenvalue weighted by molar-refractivity contribution is -0.117. The average Bonchev–Trinajstić information content (AvgIpc) is 3.10. The molecular weight excluding hydrogens is 381 g/mol. The summed E-state index contributed by atoms with van der Waals surface area (Å²) in [7, 11) is 1.62. The van der Waals surface area contributed by atoms with Gasteiger partial charge in [-0.1, -0.05) is 23.9 Å². The fourth-order valence-corrected chi connectivity index (χ4v) is 3.68. The highest BCUT2D eigenvalue weighted by atomic mass is 32.2. The van der Waals surface area contributed by atoms with E-state index in [-0.39, 0.29) is 5.82 Å². The highest BCUT2D eigenvalue weighted by molar-refractivity contribution is 8.00. The first-order valence-corrected chi connectivity index (χ1v) is 9.49. The van der Waals surface area contributed by atoms with Gasteiger partial charge in [0.15, 0.2) is 11.0 Å². The number of pyridine rings is 1. The van der Waals surface area contributed by atoms with E-state index in [0.717, 1.165) is 11.1 Å². The Labute approximate surface area is 166 Å². The summed E-state index contributed by atoms with van der Waals surface area (Å²) < 4.78 is 20.2. The maximum Gasteiger partial charge on any atom is 0.231 e. The number of hydrogen-bond donors (Lipinski definition) is 1. The number of primary amides is 1. The van der Waals surface area contributed by atoms with Gasteiger partial charge < -0.3 is 10.5 Å². The van der Waals surface area contributed by atoms with Crippen molar-refractivity contribution in [3.63, 3.8) is 0 Å². The van der Waals surface area contributed by atoms with Gasteiger partial charge in [0.2, 0.25) is 5.91 Å². The summed E-state index contributed by atoms with van der Waals surface area (Å²) in [5.74, 6) is -0.138. The van der Waals surface area contributed by atoms with E-state index in [1.54, 1.807) is 31.6 Å². The number of carbonyl (C=O) groups is 1. The summed E-state index contributed by atoms with van der Waals surface area (Å²) in [6.45, 7) is 0.981. The first-order valence-electron chi connectivity index (χ1n) is 8.61. The lowest BCUT2D eigenvalue weighted by atomic mass is 10.1. The van der Waals surface area contributed by atoms with Gasteiger partial charge in [-0.3, -0.25) is 14.3 Å². The van der Waals surface area contributed by atoms with Gasteiger partial charge >= 0.3 is 0 Å². The van der Waals surface area contributed by atoms with Crippen molar-refractivity contribution in [2.75, 3.05) is 13.7 Å². The summed E-state index contributed by atoms with van der Waals surface area (Å²) in [5.41, 5.74) is 7.28. The van der Waals surface area contributed by atoms with E-state index in [9.17, 15) is 9.18 Å². The van der Waals surface area contributed by atoms with Crippen LogP contribution in [0.2, 0.25) is 0 Å². The number of aromatic nitrogens is 4. The molecule has 9 heteroatoms. The Bertz CT molecular complexity index is 918. The fourth-order valence-electron chi connectivity index (χ4n) is 2.64. The fraction of sp³-hybridized carbons (Fsp3) is 0.263. The van der Waals surface area contributed by atoms with Gasteiger partial charge in [-0.2, -0.15) is 0 Å². The van der Waals surface area contributed by atoms with Gasteiger partial charge in [-0.15, -0.1) is 10.2 Å². The summed E-state index contributed by atoms with van der Waals surface area (Å²) in [6.07, 6.45) is 3.72. The van der Waals surface area contributed by atoms with Crippen LogP contribution in [0.3, 0.4) is 0 Å². The minimum absolute atomic E-state index is 0.326. The Morgan fingerprint density at radius 2 is 1.93 bits per heavy atom. The molecule has 0 fully saturated rings. The van der Waals surface area contributed by atoms with E-state index in [0.29, 0.717) is 30.6 Å². The van der Waals surface area contributed by atoms with Crippen LogP contribution in [0.4, 0.5) is 4.39 Å². The van der Waals surface area contributed by atoms with Gasteiger partial charge in [0.25, 0.3) is 0 Å². The van der Waals surface area contributed by atoms with Gasteiger partial charge in [0, 0.05) is 25.1 Å². The highest BCUT2D eigenvalue weighted by Crippen LogP contribution is 2.28. The molecular formula is C19H20FN5O2S. The van der Waals surface area contributed by atoms with Crippen molar-refractivity contribution in [1.29, 1.82) is 0 Å². The quantitative estimate of drug-likeness (QED) is 0.553. The molecule has 0 saturated heterocycles. The third-order valence-corrected chi connectivity index (χ3v) is 5.27. The number of amides is 1. The van der Waals surface area contributed by atoms with Crippen LogP contribution < -0.4 is 5.73 Å². The Morgan fingerprint density at radius 1 is 1.21 bits per heavy atom. The monoisotopic (exact) mass is 401 g/mol. The lowest BCUT2D eigenvalue weighted by Gasteiger charge is -2.14. The van der Waals surface area contributed by atoms with Crippen molar-refractivity contribution in [3.8, 4) is 11.4 Å². The van der Waals surface area contributed by atoms with Crippen LogP contribution in [0.25, 0.3) is 11.4 Å². The van der Waals surface area contributed by atoms with E-state index in [1.165, 1.54) is 23.9 Å². The number of hydrogen-bond acceptors (Lipinski definition) is 6. The average molecular weight is 401 g/mol. The molecule has 0 spiro atoms. The van der Waals surface area contributed by atoms with E-state index in [2.05, 4.69) is 15.2 Å². The van der Waals surface area contributed by atoms with Crippen molar-refractivity contribution in [1.82, 2.24) is 19.7 Å². The third-order valence-electron chi connectivity index (χ3n) is 4.07. The van der Waals surface area contributed by atoms with Crippen molar-refractivity contribution in [2.45, 2.75) is 23.4 Å². The molecule has 0 saturated carbocycles. The first kappa shape index (κ1) is 20.0. The Hall–Kier alpha value is -2.78. The van der Waals surface area contributed by atoms with Crippen molar-refractivity contribution >= 4 is 17.7 Å². The van der Waals surface area contributed by atoms with Crippen LogP contribution in [0.5, 0.6) is 0 Å². The SMILES string of the molecule is COCCn1c(SC(Cc2ccc(F)cc2)C(N)=O)nnc1-c1ccncc1. The maximum atomic E-state index is 13.1. The molecule has 0 aliphatic rings. The Balaban J connectivity index is 1.87. The zero-order valence-electron chi connectivity index (χ0n) is 15.3. The predicted octanol–water partition coefficient (Wildman–Crippen LogP) is 2.31. The summed E-state index contributed by atoms with van der Waals surface area (Å²) in [6, 6.07) is 9.69. The molecule has 7 nitrogen and oxygen atoms in total. The van der Waals surface area contributed by atoms with Crippen molar-refractivity contribution < 1.29 is 13.9 Å². The zero-order valence-corrected chi connectivity index (χ0v) is 16.1. The number of benzene rings is 1. The maximum absolute atomic E-state index is 13.1. The smallest absolute Gasteiger partial charge is 0.231 e. The van der Waals surface area contributed by atoms with E-state index in [1.807, 2.05) is 16.7 Å². The molecule has 28 heavy (non-hydrogen) atoms. The largest absolute Gasteiger partial charge is 0.383 e. The normalized spacial score (nSPS) is 12.1. The highest BCUT2D eigenvalue weighted by Gasteiger charge is 2.23. The zero-order chi connectivity index (χ0) is 19.9. The van der Waals surface area contributed by atoms with E-state index in [4.69, 9.17) is 10.5 Å². The van der Waals surface area contributed by atoms with Gasteiger partial charge in [-0.25, -0.2) is 4.39 Å². The molecule has 0 aliphatic carbocycles. The predicted molar refractivity (Wildman–Crippen MR) is 104 cm³/mol. The molecule has 1 amide bonds. The standard InChI is InChI=1S/C19H20FN5O2S/c1-27-11-10-25-18(14-6-8-22-9-7-14)23-24-19(25)28-16(17(21)26)12-13-2-4-15(20)5-3-13/h2-9,16H,10-12H2,1H3,(H2,21,26). The number of ether oxygens (including phenoxy) is 1. The molecule has 0 aliphatic heterocycles. The Morgan fingerprint density at radius 3 is 2.57 bits per heavy atom. The number of rotatable bonds is 9. The number of methoxy groups -OCH3 is 1. The van der Waals surface area contributed by atoms with Gasteiger partial charge in [-0.05, 0) is 36.2 Å². The molecule has 1 aromatic carbocycles. The molecule has 2 heterocycles. The number of carbonyl (C=O) groups excluding carboxylic acids is 1. The summed E-state index contributed by atoms with van der Waals surface area (Å²) >= 11 is 1.24. The molecule has 0 bridgehead atoms. The topological polar surface area (TPSA) is 95.9 Å². The summed E-state index contributed by atoms with van der Waals surface area (Å²) in [4.78, 5) is 16.0. The molecule has 3 rings (SSSR count). The van der Waals surface area contributed by atoms with Crippen LogP contribution >= 0.6 is 11.8 Å². The second-order valence-electron chi connectivity index (χ2n) is 6.03. The number of halogens is 1. The van der Waals surface area contributed by atoms with E-state index < -0.39 is 11.2 Å². The molecule has 1 atom stereocenters. The molecule has 0 radical (unpaired) electrons. The van der Waals surface area contributed by atoms with Crippen molar-refractivity contribution in [3.05, 3.63) is 60.2 Å². The molecule has 2 aromatic heterocycles. The number of thioether (sulfide) groups is 1. The lowest BCUT2D eigenvalue weighted by Crippen LogP contribution is -2.28. The molecule has 146 valence electrons. The van der Waals surface area contributed by atoms with E-state index >= 15 is 0 Å². The minimum atomic E-state index is -0.568.